The van der Waals surface area contributed by atoms with Crippen LogP contribution in [0.15, 0.2) is 0 Å². The minimum atomic E-state index is -0.132. The number of amides is 2. The third-order valence-electron chi connectivity index (χ3n) is 3.65. The fourth-order valence-electron chi connectivity index (χ4n) is 3.24. The van der Waals surface area contributed by atoms with Crippen molar-refractivity contribution in [1.29, 1.82) is 0 Å². The molecule has 2 amide bonds. The molecule has 1 saturated carbocycles. The summed E-state index contributed by atoms with van der Waals surface area (Å²) in [5.41, 5.74) is -0.0928. The highest BCUT2D eigenvalue weighted by Gasteiger charge is 2.66. The van der Waals surface area contributed by atoms with Gasteiger partial charge in [-0.25, -0.2) is 0 Å². The Morgan fingerprint density at radius 3 is 2.29 bits per heavy atom. The maximum atomic E-state index is 11.5. The van der Waals surface area contributed by atoms with Gasteiger partial charge < -0.3 is 4.90 Å². The monoisotopic (exact) mass is 196 g/mol. The van der Waals surface area contributed by atoms with Crippen LogP contribution in [0.3, 0.4) is 0 Å². The van der Waals surface area contributed by atoms with Crippen molar-refractivity contribution in [2.75, 3.05) is 14.1 Å². The standard InChI is InChI=1S/C10H16N2O2/c1-10(2)6-5(7(10)12(3)4)8(13)11-9(6)14/h5-7H,1-4H3,(H,11,13,14). The second-order valence-corrected chi connectivity index (χ2v) is 5.09. The van der Waals surface area contributed by atoms with Gasteiger partial charge in [0.15, 0.2) is 0 Å². The minimum absolute atomic E-state index is 0.0928. The van der Waals surface area contributed by atoms with Gasteiger partial charge in [0.05, 0.1) is 11.8 Å². The molecule has 78 valence electrons. The zero-order valence-electron chi connectivity index (χ0n) is 9.00. The Hall–Kier alpha value is -0.900. The van der Waals surface area contributed by atoms with E-state index in [1.54, 1.807) is 0 Å². The Morgan fingerprint density at radius 1 is 1.21 bits per heavy atom. The van der Waals surface area contributed by atoms with Crippen molar-refractivity contribution in [1.82, 2.24) is 10.2 Å². The molecule has 0 bridgehead atoms. The highest BCUT2D eigenvalue weighted by atomic mass is 16.2. The number of carbonyl (C=O) groups is 2. The number of fused-ring (bicyclic) bond motifs is 1. The van der Waals surface area contributed by atoms with E-state index in [4.69, 9.17) is 0 Å². The lowest BCUT2D eigenvalue weighted by molar-refractivity contribution is -0.150. The highest BCUT2D eigenvalue weighted by molar-refractivity contribution is 6.07. The van der Waals surface area contributed by atoms with E-state index in [0.717, 1.165) is 0 Å². The summed E-state index contributed by atoms with van der Waals surface area (Å²) in [5, 5.41) is 2.41. The van der Waals surface area contributed by atoms with E-state index in [2.05, 4.69) is 19.2 Å². The molecule has 0 spiro atoms. The molecule has 0 aromatic rings. The molecular formula is C10H16N2O2. The predicted molar refractivity (Wildman–Crippen MR) is 51.4 cm³/mol. The molecule has 2 aliphatic rings. The molecule has 1 N–H and O–H groups in total. The largest absolute Gasteiger partial charge is 0.305 e. The lowest BCUT2D eigenvalue weighted by Gasteiger charge is -2.55. The van der Waals surface area contributed by atoms with Crippen molar-refractivity contribution in [3.8, 4) is 0 Å². The molecule has 1 heterocycles. The van der Waals surface area contributed by atoms with E-state index >= 15 is 0 Å². The van der Waals surface area contributed by atoms with Gasteiger partial charge in [-0.3, -0.25) is 14.9 Å². The first kappa shape index (κ1) is 9.65. The van der Waals surface area contributed by atoms with Crippen LogP contribution in [-0.4, -0.2) is 36.9 Å². The van der Waals surface area contributed by atoms with Crippen LogP contribution in [0, 0.1) is 17.3 Å². The highest BCUT2D eigenvalue weighted by Crippen LogP contribution is 2.55. The van der Waals surface area contributed by atoms with E-state index in [0.29, 0.717) is 0 Å². The maximum Gasteiger partial charge on any atom is 0.232 e. The van der Waals surface area contributed by atoms with E-state index in [-0.39, 0.29) is 35.1 Å². The quantitative estimate of drug-likeness (QED) is 0.593. The summed E-state index contributed by atoms with van der Waals surface area (Å²) >= 11 is 0. The van der Waals surface area contributed by atoms with E-state index in [1.807, 2.05) is 19.0 Å². The van der Waals surface area contributed by atoms with Crippen LogP contribution in [0.4, 0.5) is 0 Å². The number of rotatable bonds is 1. The normalized spacial score (nSPS) is 39.4. The second kappa shape index (κ2) is 2.57. The van der Waals surface area contributed by atoms with Crippen molar-refractivity contribution in [3.05, 3.63) is 0 Å². The summed E-state index contributed by atoms with van der Waals surface area (Å²) in [6.45, 7) is 4.11. The summed E-state index contributed by atoms with van der Waals surface area (Å²) in [6.07, 6.45) is 0. The Morgan fingerprint density at radius 2 is 1.79 bits per heavy atom. The molecule has 2 rings (SSSR count). The average Bonchev–Trinajstić information content (AvgIpc) is 2.22. The Balaban J connectivity index is 2.32. The average molecular weight is 196 g/mol. The fourth-order valence-corrected chi connectivity index (χ4v) is 3.24. The van der Waals surface area contributed by atoms with Gasteiger partial charge in [0.25, 0.3) is 0 Å². The van der Waals surface area contributed by atoms with Gasteiger partial charge in [-0.15, -0.1) is 0 Å². The fraction of sp³-hybridized carbons (Fsp3) is 0.800. The third-order valence-corrected chi connectivity index (χ3v) is 3.65. The molecule has 3 unspecified atom stereocenters. The molecule has 4 nitrogen and oxygen atoms in total. The van der Waals surface area contributed by atoms with Crippen LogP contribution >= 0.6 is 0 Å². The molecule has 1 saturated heterocycles. The van der Waals surface area contributed by atoms with Crippen molar-refractivity contribution in [2.45, 2.75) is 19.9 Å². The number of nitrogens with zero attached hydrogens (tertiary/aromatic N) is 1. The summed E-state index contributed by atoms with van der Waals surface area (Å²) in [7, 11) is 3.91. The summed E-state index contributed by atoms with van der Waals surface area (Å²) in [6, 6.07) is 0.180. The Labute approximate surface area is 83.6 Å². The molecule has 3 atom stereocenters. The molecule has 14 heavy (non-hydrogen) atoms. The maximum absolute atomic E-state index is 11.5. The Kier molecular flexibility index (Phi) is 1.77. The van der Waals surface area contributed by atoms with Crippen LogP contribution in [0.1, 0.15) is 13.8 Å². The first-order chi connectivity index (χ1) is 6.37. The SMILES string of the molecule is CN(C)C1C2C(=O)NC(=O)C2C1(C)C. The van der Waals surface area contributed by atoms with Gasteiger partial charge in [-0.1, -0.05) is 13.8 Å². The number of carbonyl (C=O) groups excluding carboxylic acids is 2. The van der Waals surface area contributed by atoms with Crippen molar-refractivity contribution in [2.24, 2.45) is 17.3 Å². The van der Waals surface area contributed by atoms with Gasteiger partial charge in [0.1, 0.15) is 0 Å². The molecule has 1 aliphatic heterocycles. The predicted octanol–water partition coefficient (Wildman–Crippen LogP) is -0.155. The van der Waals surface area contributed by atoms with E-state index < -0.39 is 0 Å². The van der Waals surface area contributed by atoms with Crippen LogP contribution < -0.4 is 5.32 Å². The lowest BCUT2D eigenvalue weighted by atomic mass is 9.52. The smallest absolute Gasteiger partial charge is 0.232 e. The molecule has 4 heteroatoms. The van der Waals surface area contributed by atoms with Crippen LogP contribution in [0.2, 0.25) is 0 Å². The second-order valence-electron chi connectivity index (χ2n) is 5.09. The molecule has 0 radical (unpaired) electrons. The third kappa shape index (κ3) is 0.919. The minimum Gasteiger partial charge on any atom is -0.305 e. The molecule has 0 aromatic heterocycles. The van der Waals surface area contributed by atoms with Gasteiger partial charge in [-0.2, -0.15) is 0 Å². The van der Waals surface area contributed by atoms with Crippen LogP contribution in [0.25, 0.3) is 0 Å². The summed E-state index contributed by atoms with van der Waals surface area (Å²) in [4.78, 5) is 25.0. The van der Waals surface area contributed by atoms with Crippen LogP contribution in [0.5, 0.6) is 0 Å². The number of hydrogen-bond acceptors (Lipinski definition) is 3. The molecule has 2 fully saturated rings. The van der Waals surface area contributed by atoms with Gasteiger partial charge in [-0.05, 0) is 19.5 Å². The zero-order valence-corrected chi connectivity index (χ0v) is 9.00. The Bertz CT molecular complexity index is 309. The van der Waals surface area contributed by atoms with Gasteiger partial charge >= 0.3 is 0 Å². The summed E-state index contributed by atoms with van der Waals surface area (Å²) < 4.78 is 0. The van der Waals surface area contributed by atoms with Gasteiger partial charge in [0.2, 0.25) is 11.8 Å². The summed E-state index contributed by atoms with van der Waals surface area (Å²) in [5.74, 6) is -0.448. The van der Waals surface area contributed by atoms with E-state index in [9.17, 15) is 9.59 Å². The first-order valence-electron chi connectivity index (χ1n) is 4.88. The lowest BCUT2D eigenvalue weighted by Crippen LogP contribution is -2.64. The number of hydrogen-bond donors (Lipinski definition) is 1. The molecular weight excluding hydrogens is 180 g/mol. The topological polar surface area (TPSA) is 49.4 Å². The molecule has 1 aliphatic carbocycles. The zero-order chi connectivity index (χ0) is 10.7. The number of nitrogens with one attached hydrogen (secondary N) is 1. The van der Waals surface area contributed by atoms with Crippen LogP contribution in [-0.2, 0) is 9.59 Å². The first-order valence-corrected chi connectivity index (χ1v) is 4.88. The van der Waals surface area contributed by atoms with Crippen molar-refractivity contribution in [3.63, 3.8) is 0 Å². The van der Waals surface area contributed by atoms with Crippen molar-refractivity contribution >= 4 is 11.8 Å². The van der Waals surface area contributed by atoms with Gasteiger partial charge in [0, 0.05) is 6.04 Å². The van der Waals surface area contributed by atoms with Crippen molar-refractivity contribution < 1.29 is 9.59 Å². The molecule has 0 aromatic carbocycles. The number of imide groups is 1. The van der Waals surface area contributed by atoms with E-state index in [1.165, 1.54) is 0 Å².